The van der Waals surface area contributed by atoms with E-state index in [-0.39, 0.29) is 0 Å². The zero-order chi connectivity index (χ0) is 11.3. The number of pyridine rings is 1. The van der Waals surface area contributed by atoms with Crippen LogP contribution < -0.4 is 4.57 Å². The van der Waals surface area contributed by atoms with Crippen molar-refractivity contribution < 1.29 is 8.98 Å². The number of nitrogens with zero attached hydrogens (tertiary/aromatic N) is 3. The molecule has 0 radical (unpaired) electrons. The molecule has 3 heterocycles. The summed E-state index contributed by atoms with van der Waals surface area (Å²) >= 11 is 0. The van der Waals surface area contributed by atoms with E-state index in [1.807, 2.05) is 19.2 Å². The third kappa shape index (κ3) is 1.10. The summed E-state index contributed by atoms with van der Waals surface area (Å²) in [4.78, 5) is 4.43. The SMILES string of the molecule is CCc1n2ccc3oc(C)nc3c2c[n+]1C. The summed E-state index contributed by atoms with van der Waals surface area (Å²) in [6.45, 7) is 4.03. The third-order valence-electron chi connectivity index (χ3n) is 2.95. The minimum absolute atomic E-state index is 0.713. The van der Waals surface area contributed by atoms with E-state index in [9.17, 15) is 0 Å². The molecule has 4 nitrogen and oxygen atoms in total. The van der Waals surface area contributed by atoms with Crippen LogP contribution in [0.3, 0.4) is 0 Å². The lowest BCUT2D eigenvalue weighted by molar-refractivity contribution is -0.677. The van der Waals surface area contributed by atoms with Crippen LogP contribution >= 0.6 is 0 Å². The van der Waals surface area contributed by atoms with Crippen molar-refractivity contribution in [2.75, 3.05) is 0 Å². The molecule has 0 amide bonds. The molecular weight excluding hydrogens is 202 g/mol. The summed E-state index contributed by atoms with van der Waals surface area (Å²) < 4.78 is 9.83. The highest BCUT2D eigenvalue weighted by Crippen LogP contribution is 2.20. The number of imidazole rings is 1. The molecule has 0 atom stereocenters. The van der Waals surface area contributed by atoms with Crippen LogP contribution in [0.25, 0.3) is 16.6 Å². The van der Waals surface area contributed by atoms with E-state index in [0.29, 0.717) is 5.89 Å². The Bertz CT molecular complexity index is 678. The number of hydrogen-bond donors (Lipinski definition) is 0. The molecule has 3 aromatic heterocycles. The summed E-state index contributed by atoms with van der Waals surface area (Å²) in [5, 5.41) is 0. The van der Waals surface area contributed by atoms with Gasteiger partial charge in [-0.1, -0.05) is 6.92 Å². The van der Waals surface area contributed by atoms with Crippen LogP contribution in [0.1, 0.15) is 18.6 Å². The van der Waals surface area contributed by atoms with Crippen molar-refractivity contribution in [2.24, 2.45) is 7.05 Å². The molecule has 82 valence electrons. The van der Waals surface area contributed by atoms with Gasteiger partial charge in [-0.25, -0.2) is 9.55 Å². The molecule has 4 heteroatoms. The summed E-state index contributed by atoms with van der Waals surface area (Å²) in [7, 11) is 2.06. The van der Waals surface area contributed by atoms with Gasteiger partial charge in [0.25, 0.3) is 5.82 Å². The monoisotopic (exact) mass is 216 g/mol. The largest absolute Gasteiger partial charge is 0.441 e. The average molecular weight is 216 g/mol. The van der Waals surface area contributed by atoms with E-state index >= 15 is 0 Å². The Balaban J connectivity index is 2.51. The molecule has 0 saturated carbocycles. The summed E-state index contributed by atoms with van der Waals surface area (Å²) in [6, 6.07) is 1.97. The molecule has 0 aliphatic rings. The topological polar surface area (TPSA) is 34.3 Å². The summed E-state index contributed by atoms with van der Waals surface area (Å²) in [5.74, 6) is 1.97. The molecular formula is C12H14N3O+. The van der Waals surface area contributed by atoms with Gasteiger partial charge < -0.3 is 4.42 Å². The van der Waals surface area contributed by atoms with Gasteiger partial charge in [0.2, 0.25) is 5.52 Å². The molecule has 0 aliphatic heterocycles. The Kier molecular flexibility index (Phi) is 1.80. The molecule has 3 aromatic rings. The van der Waals surface area contributed by atoms with Crippen molar-refractivity contribution in [3.63, 3.8) is 0 Å². The highest BCUT2D eigenvalue weighted by Gasteiger charge is 2.18. The predicted molar refractivity (Wildman–Crippen MR) is 60.3 cm³/mol. The second-order valence-corrected chi connectivity index (χ2v) is 4.03. The van der Waals surface area contributed by atoms with E-state index in [4.69, 9.17) is 4.42 Å². The van der Waals surface area contributed by atoms with Crippen LogP contribution in [0.15, 0.2) is 22.9 Å². The van der Waals surface area contributed by atoms with E-state index < -0.39 is 0 Å². The van der Waals surface area contributed by atoms with Crippen molar-refractivity contribution in [3.05, 3.63) is 30.2 Å². The lowest BCUT2D eigenvalue weighted by Gasteiger charge is -1.91. The first kappa shape index (κ1) is 9.39. The van der Waals surface area contributed by atoms with Crippen LogP contribution in [-0.4, -0.2) is 9.38 Å². The van der Waals surface area contributed by atoms with E-state index in [1.165, 1.54) is 5.82 Å². The number of oxazole rings is 1. The maximum Gasteiger partial charge on any atom is 0.261 e. The first-order chi connectivity index (χ1) is 7.70. The van der Waals surface area contributed by atoms with Gasteiger partial charge in [0.05, 0.1) is 7.05 Å². The Morgan fingerprint density at radius 1 is 1.50 bits per heavy atom. The standard InChI is InChI=1S/C12H14N3O/c1-4-11-14(3)7-9-12-10(5-6-15(9)11)16-8(2)13-12/h5-7H,4H2,1-3H3/q+1. The van der Waals surface area contributed by atoms with Crippen LogP contribution in [0.2, 0.25) is 0 Å². The van der Waals surface area contributed by atoms with Gasteiger partial charge in [-0.3, -0.25) is 0 Å². The van der Waals surface area contributed by atoms with Crippen LogP contribution in [0.4, 0.5) is 0 Å². The molecule has 0 N–H and O–H groups in total. The van der Waals surface area contributed by atoms with Crippen LogP contribution in [0, 0.1) is 6.92 Å². The normalized spacial score (nSPS) is 11.7. The third-order valence-corrected chi connectivity index (χ3v) is 2.95. The van der Waals surface area contributed by atoms with Gasteiger partial charge >= 0.3 is 0 Å². The molecule has 0 spiro atoms. The molecule has 0 aliphatic carbocycles. The lowest BCUT2D eigenvalue weighted by Crippen LogP contribution is -2.30. The zero-order valence-electron chi connectivity index (χ0n) is 9.69. The van der Waals surface area contributed by atoms with Crippen molar-refractivity contribution in [1.29, 1.82) is 0 Å². The Morgan fingerprint density at radius 3 is 3.06 bits per heavy atom. The van der Waals surface area contributed by atoms with Crippen molar-refractivity contribution in [1.82, 2.24) is 9.38 Å². The maximum absolute atomic E-state index is 5.53. The number of aryl methyl sites for hydroxylation is 3. The molecule has 16 heavy (non-hydrogen) atoms. The lowest BCUT2D eigenvalue weighted by atomic mass is 10.3. The van der Waals surface area contributed by atoms with Crippen molar-refractivity contribution >= 4 is 16.6 Å². The fraction of sp³-hybridized carbons (Fsp3) is 0.333. The minimum atomic E-state index is 0.713. The Labute approximate surface area is 93.1 Å². The number of fused-ring (bicyclic) bond motifs is 3. The van der Waals surface area contributed by atoms with Gasteiger partial charge in [0.1, 0.15) is 12.4 Å². The van der Waals surface area contributed by atoms with Gasteiger partial charge in [-0.05, 0) is 0 Å². The van der Waals surface area contributed by atoms with Crippen LogP contribution in [-0.2, 0) is 13.5 Å². The maximum atomic E-state index is 5.53. The zero-order valence-corrected chi connectivity index (χ0v) is 9.69. The molecule has 0 aromatic carbocycles. The fourth-order valence-corrected chi connectivity index (χ4v) is 2.27. The van der Waals surface area contributed by atoms with Crippen LogP contribution in [0.5, 0.6) is 0 Å². The first-order valence-electron chi connectivity index (χ1n) is 5.46. The van der Waals surface area contributed by atoms with Gasteiger partial charge in [-0.2, -0.15) is 4.40 Å². The van der Waals surface area contributed by atoms with E-state index in [1.54, 1.807) is 0 Å². The van der Waals surface area contributed by atoms with Crippen molar-refractivity contribution in [3.8, 4) is 0 Å². The van der Waals surface area contributed by atoms with Gasteiger partial charge in [0.15, 0.2) is 17.0 Å². The van der Waals surface area contributed by atoms with Gasteiger partial charge in [-0.15, -0.1) is 0 Å². The second-order valence-electron chi connectivity index (χ2n) is 4.03. The fourth-order valence-electron chi connectivity index (χ4n) is 2.27. The summed E-state index contributed by atoms with van der Waals surface area (Å²) in [5.41, 5.74) is 2.90. The molecule has 0 unspecified atom stereocenters. The number of hydrogen-bond acceptors (Lipinski definition) is 2. The quantitative estimate of drug-likeness (QED) is 0.581. The smallest absolute Gasteiger partial charge is 0.261 e. The molecule has 0 saturated heterocycles. The van der Waals surface area contributed by atoms with Crippen molar-refractivity contribution in [2.45, 2.75) is 20.3 Å². The molecule has 3 rings (SSSR count). The molecule has 0 fully saturated rings. The molecule has 0 bridgehead atoms. The second kappa shape index (κ2) is 3.07. The highest BCUT2D eigenvalue weighted by atomic mass is 16.3. The van der Waals surface area contributed by atoms with E-state index in [2.05, 4.69) is 34.1 Å². The van der Waals surface area contributed by atoms with Gasteiger partial charge in [0, 0.05) is 19.4 Å². The summed E-state index contributed by atoms with van der Waals surface area (Å²) in [6.07, 6.45) is 5.14. The highest BCUT2D eigenvalue weighted by molar-refractivity contribution is 5.88. The Hall–Kier alpha value is -1.84. The Morgan fingerprint density at radius 2 is 2.31 bits per heavy atom. The first-order valence-corrected chi connectivity index (χ1v) is 5.46. The van der Waals surface area contributed by atoms with E-state index in [0.717, 1.165) is 23.0 Å². The average Bonchev–Trinajstić information content (AvgIpc) is 2.76. The number of aromatic nitrogens is 3. The number of rotatable bonds is 1. The predicted octanol–water partition coefficient (Wildman–Crippen LogP) is 1.78. The minimum Gasteiger partial charge on any atom is -0.441 e.